The van der Waals surface area contributed by atoms with E-state index in [1.54, 1.807) is 22.6 Å². The van der Waals surface area contributed by atoms with Crippen molar-refractivity contribution in [3.63, 3.8) is 0 Å². The topological polar surface area (TPSA) is 43.1 Å². The number of nitrogens with zero attached hydrogens (tertiary/aromatic N) is 1. The van der Waals surface area contributed by atoms with Gasteiger partial charge in [0.2, 0.25) is 0 Å². The molecular formula is C10H5F3INO2S. The molecule has 0 aliphatic heterocycles. The van der Waals surface area contributed by atoms with Crippen LogP contribution in [0.5, 0.6) is 0 Å². The van der Waals surface area contributed by atoms with Crippen LogP contribution >= 0.6 is 33.9 Å². The summed E-state index contributed by atoms with van der Waals surface area (Å²) in [6, 6.07) is 4.19. The van der Waals surface area contributed by atoms with E-state index in [0.717, 1.165) is 11.3 Å². The van der Waals surface area contributed by atoms with Crippen LogP contribution in [-0.2, 0) is 6.42 Å². The Kier molecular flexibility index (Phi) is 3.49. The summed E-state index contributed by atoms with van der Waals surface area (Å²) in [6.07, 6.45) is -5.38. The number of alkyl halides is 3. The van der Waals surface area contributed by atoms with Crippen molar-refractivity contribution in [2.24, 2.45) is 0 Å². The van der Waals surface area contributed by atoms with Gasteiger partial charge in [-0.25, -0.2) is 0 Å². The van der Waals surface area contributed by atoms with Gasteiger partial charge >= 0.3 is 6.18 Å². The third-order valence-electron chi connectivity index (χ3n) is 2.32. The number of fused-ring (bicyclic) bond motifs is 1. The monoisotopic (exact) mass is 387 g/mol. The number of non-ortho nitro benzene ring substituents is 1. The van der Waals surface area contributed by atoms with E-state index in [1.165, 1.54) is 18.2 Å². The minimum Gasteiger partial charge on any atom is -0.258 e. The van der Waals surface area contributed by atoms with Crippen LogP contribution in [0.1, 0.15) is 5.56 Å². The quantitative estimate of drug-likeness (QED) is 0.432. The molecule has 2 aromatic rings. The molecule has 0 spiro atoms. The zero-order valence-electron chi connectivity index (χ0n) is 8.62. The molecule has 1 aromatic heterocycles. The number of halogens is 4. The summed E-state index contributed by atoms with van der Waals surface area (Å²) in [5, 5.41) is 11.1. The Morgan fingerprint density at radius 1 is 1.39 bits per heavy atom. The van der Waals surface area contributed by atoms with Gasteiger partial charge in [-0.2, -0.15) is 13.2 Å². The average Bonchev–Trinajstić information content (AvgIpc) is 2.53. The second kappa shape index (κ2) is 4.65. The highest BCUT2D eigenvalue weighted by molar-refractivity contribution is 14.1. The number of hydrogen-bond donors (Lipinski definition) is 0. The van der Waals surface area contributed by atoms with Crippen molar-refractivity contribution in [1.29, 1.82) is 0 Å². The van der Waals surface area contributed by atoms with E-state index in [9.17, 15) is 23.3 Å². The first-order chi connectivity index (χ1) is 8.29. The molecule has 18 heavy (non-hydrogen) atoms. The highest BCUT2D eigenvalue weighted by Gasteiger charge is 2.31. The van der Waals surface area contributed by atoms with E-state index in [2.05, 4.69) is 0 Å². The van der Waals surface area contributed by atoms with Gasteiger partial charge in [0.05, 0.1) is 14.2 Å². The van der Waals surface area contributed by atoms with Crippen LogP contribution in [0, 0.1) is 13.0 Å². The molecule has 0 bridgehead atoms. The maximum atomic E-state index is 12.5. The maximum absolute atomic E-state index is 12.5. The number of rotatable bonds is 2. The summed E-state index contributed by atoms with van der Waals surface area (Å²) < 4.78 is 38.1. The molecule has 96 valence electrons. The SMILES string of the molecule is O=[N+]([O-])c1cccc2c(CC(F)(F)F)c(I)sc12. The van der Waals surface area contributed by atoms with Gasteiger partial charge < -0.3 is 0 Å². The van der Waals surface area contributed by atoms with E-state index in [0.29, 0.717) is 13.0 Å². The Bertz CT molecular complexity index is 623. The highest BCUT2D eigenvalue weighted by atomic mass is 127. The Morgan fingerprint density at radius 3 is 2.61 bits per heavy atom. The van der Waals surface area contributed by atoms with E-state index in [1.807, 2.05) is 0 Å². The van der Waals surface area contributed by atoms with E-state index in [4.69, 9.17) is 0 Å². The first kappa shape index (κ1) is 13.5. The molecule has 0 saturated heterocycles. The minimum atomic E-state index is -4.32. The molecule has 3 nitrogen and oxygen atoms in total. The third-order valence-corrected chi connectivity index (χ3v) is 4.69. The Hall–Kier alpha value is -0.900. The molecule has 1 aromatic carbocycles. The lowest BCUT2D eigenvalue weighted by Crippen LogP contribution is -2.11. The normalized spacial score (nSPS) is 12.0. The standard InChI is InChI=1S/C10H5F3INO2S/c11-10(12,13)4-6-5-2-1-3-7(15(16)17)8(5)18-9(6)14/h1-3H,4H2. The summed E-state index contributed by atoms with van der Waals surface area (Å²) in [7, 11) is 0. The lowest BCUT2D eigenvalue weighted by molar-refractivity contribution is -0.382. The van der Waals surface area contributed by atoms with Gasteiger partial charge in [0.15, 0.2) is 0 Å². The zero-order valence-corrected chi connectivity index (χ0v) is 11.6. The Labute approximate surface area is 117 Å². The van der Waals surface area contributed by atoms with Gasteiger partial charge in [0.1, 0.15) is 4.70 Å². The van der Waals surface area contributed by atoms with Crippen molar-refractivity contribution in [1.82, 2.24) is 0 Å². The van der Waals surface area contributed by atoms with Gasteiger partial charge in [0.25, 0.3) is 5.69 Å². The molecule has 0 atom stereocenters. The van der Waals surface area contributed by atoms with Crippen LogP contribution in [0.25, 0.3) is 10.1 Å². The number of nitro benzene ring substituents is 1. The highest BCUT2D eigenvalue weighted by Crippen LogP contribution is 2.40. The molecule has 0 saturated carbocycles. The van der Waals surface area contributed by atoms with Crippen LogP contribution in [0.15, 0.2) is 18.2 Å². The van der Waals surface area contributed by atoms with Gasteiger partial charge in [0, 0.05) is 11.5 Å². The molecule has 0 radical (unpaired) electrons. The van der Waals surface area contributed by atoms with Crippen molar-refractivity contribution in [3.8, 4) is 0 Å². The summed E-state index contributed by atoms with van der Waals surface area (Å²) in [4.78, 5) is 10.2. The molecule has 8 heteroatoms. The molecule has 0 unspecified atom stereocenters. The van der Waals surface area contributed by atoms with Gasteiger partial charge in [-0.3, -0.25) is 10.1 Å². The first-order valence-electron chi connectivity index (χ1n) is 4.70. The number of thiophene rings is 1. The van der Waals surface area contributed by atoms with Gasteiger partial charge in [-0.1, -0.05) is 12.1 Å². The van der Waals surface area contributed by atoms with Crippen LogP contribution < -0.4 is 0 Å². The van der Waals surface area contributed by atoms with E-state index >= 15 is 0 Å². The predicted octanol–water partition coefficient (Wildman–Crippen LogP) is 4.52. The fourth-order valence-electron chi connectivity index (χ4n) is 1.64. The second-order valence-electron chi connectivity index (χ2n) is 3.56. The van der Waals surface area contributed by atoms with Crippen molar-refractivity contribution < 1.29 is 18.1 Å². The fourth-order valence-corrected chi connectivity index (χ4v) is 3.81. The van der Waals surface area contributed by atoms with Crippen LogP contribution in [-0.4, -0.2) is 11.1 Å². The Morgan fingerprint density at radius 2 is 2.06 bits per heavy atom. The maximum Gasteiger partial charge on any atom is 0.393 e. The number of hydrogen-bond acceptors (Lipinski definition) is 3. The van der Waals surface area contributed by atoms with Gasteiger partial charge in [-0.05, 0) is 28.2 Å². The molecule has 0 aliphatic rings. The van der Waals surface area contributed by atoms with E-state index < -0.39 is 17.5 Å². The summed E-state index contributed by atoms with van der Waals surface area (Å²) >= 11 is 2.81. The molecule has 0 aliphatic carbocycles. The van der Waals surface area contributed by atoms with Crippen molar-refractivity contribution >= 4 is 49.7 Å². The smallest absolute Gasteiger partial charge is 0.258 e. The molecule has 2 rings (SSSR count). The molecule has 0 fully saturated rings. The summed E-state index contributed by atoms with van der Waals surface area (Å²) in [5.41, 5.74) is -0.0318. The third kappa shape index (κ3) is 2.58. The predicted molar refractivity (Wildman–Crippen MR) is 71.0 cm³/mol. The lowest BCUT2D eigenvalue weighted by Gasteiger charge is -2.05. The van der Waals surface area contributed by atoms with Crippen molar-refractivity contribution in [2.45, 2.75) is 12.6 Å². The van der Waals surface area contributed by atoms with Crippen LogP contribution in [0.3, 0.4) is 0 Å². The zero-order chi connectivity index (χ0) is 13.5. The second-order valence-corrected chi connectivity index (χ2v) is 6.39. The summed E-state index contributed by atoms with van der Waals surface area (Å²) in [6.45, 7) is 0. The molecule has 0 N–H and O–H groups in total. The van der Waals surface area contributed by atoms with E-state index in [-0.39, 0.29) is 11.3 Å². The lowest BCUT2D eigenvalue weighted by atomic mass is 10.1. The number of benzene rings is 1. The summed E-state index contributed by atoms with van der Waals surface area (Å²) in [5.74, 6) is 0. The first-order valence-corrected chi connectivity index (χ1v) is 6.60. The molecule has 1 heterocycles. The Balaban J connectivity index is 2.66. The largest absolute Gasteiger partial charge is 0.393 e. The van der Waals surface area contributed by atoms with Crippen molar-refractivity contribution in [3.05, 3.63) is 36.8 Å². The fraction of sp³-hybridized carbons (Fsp3) is 0.200. The molecular weight excluding hydrogens is 382 g/mol. The number of nitro groups is 1. The minimum absolute atomic E-state index is 0.117. The van der Waals surface area contributed by atoms with Crippen LogP contribution in [0.2, 0.25) is 0 Å². The van der Waals surface area contributed by atoms with Crippen LogP contribution in [0.4, 0.5) is 18.9 Å². The van der Waals surface area contributed by atoms with Gasteiger partial charge in [-0.15, -0.1) is 11.3 Å². The van der Waals surface area contributed by atoms with Crippen molar-refractivity contribution in [2.75, 3.05) is 0 Å². The molecule has 0 amide bonds. The average molecular weight is 387 g/mol.